The Balaban J connectivity index is 1.36. The molecule has 0 atom stereocenters. The van der Waals surface area contributed by atoms with Crippen LogP contribution in [0.5, 0.6) is 0 Å². The van der Waals surface area contributed by atoms with Gasteiger partial charge in [0.25, 0.3) is 11.1 Å². The molecule has 1 N–H and O–H groups in total. The number of carbonyl (C=O) groups excluding carboxylic acids is 1. The van der Waals surface area contributed by atoms with Crippen molar-refractivity contribution in [1.29, 1.82) is 0 Å². The van der Waals surface area contributed by atoms with Gasteiger partial charge in [0.1, 0.15) is 5.76 Å². The lowest BCUT2D eigenvalue weighted by molar-refractivity contribution is 0.0948. The number of furan rings is 1. The van der Waals surface area contributed by atoms with Gasteiger partial charge in [-0.15, -0.1) is 10.2 Å². The SMILES string of the molecule is O=C(NCc1ccco1)c1cccc(CSc2nnc(-c3ccccc3)o2)c1. The summed E-state index contributed by atoms with van der Waals surface area (Å²) in [7, 11) is 0. The Hall–Kier alpha value is -3.32. The first-order valence-corrected chi connectivity index (χ1v) is 9.68. The molecule has 0 bridgehead atoms. The van der Waals surface area contributed by atoms with E-state index in [2.05, 4.69) is 15.5 Å². The fraction of sp³-hybridized carbons (Fsp3) is 0.0952. The van der Waals surface area contributed by atoms with E-state index in [0.29, 0.717) is 34.7 Å². The predicted octanol–water partition coefficient (Wildman–Crippen LogP) is 4.55. The van der Waals surface area contributed by atoms with E-state index in [9.17, 15) is 4.79 Å². The third-order valence-electron chi connectivity index (χ3n) is 3.98. The number of carbonyl (C=O) groups is 1. The number of amides is 1. The Kier molecular flexibility index (Phi) is 5.53. The highest BCUT2D eigenvalue weighted by Crippen LogP contribution is 2.25. The van der Waals surface area contributed by atoms with Gasteiger partial charge in [-0.05, 0) is 42.0 Å². The lowest BCUT2D eigenvalue weighted by Gasteiger charge is -2.05. The summed E-state index contributed by atoms with van der Waals surface area (Å²) in [5, 5.41) is 11.5. The third-order valence-corrected chi connectivity index (χ3v) is 4.87. The van der Waals surface area contributed by atoms with E-state index < -0.39 is 0 Å². The molecule has 4 rings (SSSR count). The lowest BCUT2D eigenvalue weighted by Crippen LogP contribution is -2.22. The fourth-order valence-corrected chi connectivity index (χ4v) is 3.30. The van der Waals surface area contributed by atoms with Gasteiger partial charge in [-0.3, -0.25) is 4.79 Å². The van der Waals surface area contributed by atoms with Crippen LogP contribution in [-0.4, -0.2) is 16.1 Å². The highest BCUT2D eigenvalue weighted by molar-refractivity contribution is 7.98. The van der Waals surface area contributed by atoms with Crippen LogP contribution >= 0.6 is 11.8 Å². The molecule has 0 aliphatic rings. The van der Waals surface area contributed by atoms with Gasteiger partial charge in [0.05, 0.1) is 12.8 Å². The van der Waals surface area contributed by atoms with E-state index >= 15 is 0 Å². The van der Waals surface area contributed by atoms with Gasteiger partial charge in [0.2, 0.25) is 5.89 Å². The Morgan fingerprint density at radius 3 is 2.71 bits per heavy atom. The van der Waals surface area contributed by atoms with Crippen molar-refractivity contribution in [3.05, 3.63) is 89.9 Å². The van der Waals surface area contributed by atoms with Crippen molar-refractivity contribution in [2.45, 2.75) is 17.5 Å². The van der Waals surface area contributed by atoms with Crippen LogP contribution in [0.25, 0.3) is 11.5 Å². The minimum atomic E-state index is -0.146. The van der Waals surface area contributed by atoms with Gasteiger partial charge in [0, 0.05) is 16.9 Å². The molecule has 0 aliphatic carbocycles. The first-order chi connectivity index (χ1) is 13.8. The predicted molar refractivity (Wildman–Crippen MR) is 106 cm³/mol. The van der Waals surface area contributed by atoms with Crippen molar-refractivity contribution >= 4 is 17.7 Å². The van der Waals surface area contributed by atoms with E-state index in [1.165, 1.54) is 11.8 Å². The molecule has 0 saturated carbocycles. The van der Waals surface area contributed by atoms with Crippen molar-refractivity contribution in [3.63, 3.8) is 0 Å². The van der Waals surface area contributed by atoms with E-state index in [1.807, 2.05) is 54.6 Å². The average molecular weight is 391 g/mol. The van der Waals surface area contributed by atoms with Crippen LogP contribution in [0.4, 0.5) is 0 Å². The maximum absolute atomic E-state index is 12.3. The molecule has 28 heavy (non-hydrogen) atoms. The summed E-state index contributed by atoms with van der Waals surface area (Å²) in [5.41, 5.74) is 2.48. The molecule has 2 aromatic heterocycles. The minimum Gasteiger partial charge on any atom is -0.467 e. The molecule has 0 unspecified atom stereocenters. The second-order valence-electron chi connectivity index (χ2n) is 5.99. The number of rotatable bonds is 7. The van der Waals surface area contributed by atoms with Crippen molar-refractivity contribution in [1.82, 2.24) is 15.5 Å². The smallest absolute Gasteiger partial charge is 0.277 e. The van der Waals surface area contributed by atoms with Gasteiger partial charge in [-0.1, -0.05) is 42.1 Å². The van der Waals surface area contributed by atoms with Crippen LogP contribution in [0.15, 0.2) is 87.1 Å². The van der Waals surface area contributed by atoms with Crippen molar-refractivity contribution in [2.75, 3.05) is 0 Å². The molecular weight excluding hydrogens is 374 g/mol. The fourth-order valence-electron chi connectivity index (χ4n) is 2.60. The molecule has 6 nitrogen and oxygen atoms in total. The maximum atomic E-state index is 12.3. The van der Waals surface area contributed by atoms with Crippen molar-refractivity contribution < 1.29 is 13.6 Å². The van der Waals surface area contributed by atoms with Crippen LogP contribution < -0.4 is 5.32 Å². The molecule has 7 heteroatoms. The summed E-state index contributed by atoms with van der Waals surface area (Å²) in [5.74, 6) is 1.68. The van der Waals surface area contributed by atoms with Crippen LogP contribution in [0.3, 0.4) is 0 Å². The zero-order valence-corrected chi connectivity index (χ0v) is 15.7. The quantitative estimate of drug-likeness (QED) is 0.466. The average Bonchev–Trinajstić information content (AvgIpc) is 3.43. The summed E-state index contributed by atoms with van der Waals surface area (Å²) in [6.45, 7) is 0.356. The lowest BCUT2D eigenvalue weighted by atomic mass is 10.1. The summed E-state index contributed by atoms with van der Waals surface area (Å²) < 4.78 is 10.9. The first kappa shape index (κ1) is 18.1. The Bertz CT molecular complexity index is 1050. The molecule has 2 aromatic carbocycles. The highest BCUT2D eigenvalue weighted by Gasteiger charge is 2.10. The molecule has 2 heterocycles. The second kappa shape index (κ2) is 8.58. The summed E-state index contributed by atoms with van der Waals surface area (Å²) in [4.78, 5) is 12.3. The molecule has 0 fully saturated rings. The van der Waals surface area contributed by atoms with E-state index in [1.54, 1.807) is 18.4 Å². The van der Waals surface area contributed by atoms with E-state index in [4.69, 9.17) is 8.83 Å². The summed E-state index contributed by atoms with van der Waals surface area (Å²) in [6, 6.07) is 20.7. The number of benzene rings is 2. The van der Waals surface area contributed by atoms with Crippen LogP contribution in [0.2, 0.25) is 0 Å². The molecule has 1 amide bonds. The monoisotopic (exact) mass is 391 g/mol. The number of nitrogens with one attached hydrogen (secondary N) is 1. The van der Waals surface area contributed by atoms with E-state index in [0.717, 1.165) is 11.1 Å². The van der Waals surface area contributed by atoms with Crippen LogP contribution in [-0.2, 0) is 12.3 Å². The summed E-state index contributed by atoms with van der Waals surface area (Å²) in [6.07, 6.45) is 1.58. The van der Waals surface area contributed by atoms with Gasteiger partial charge >= 0.3 is 0 Å². The zero-order chi connectivity index (χ0) is 19.2. The van der Waals surface area contributed by atoms with Gasteiger partial charge in [-0.2, -0.15) is 0 Å². The van der Waals surface area contributed by atoms with E-state index in [-0.39, 0.29) is 5.91 Å². The number of hydrogen-bond donors (Lipinski definition) is 1. The first-order valence-electron chi connectivity index (χ1n) is 8.69. The number of nitrogens with zero attached hydrogens (tertiary/aromatic N) is 2. The Morgan fingerprint density at radius 1 is 1.00 bits per heavy atom. The Labute approximate surface area is 166 Å². The number of thioether (sulfide) groups is 1. The van der Waals surface area contributed by atoms with Crippen molar-refractivity contribution in [2.24, 2.45) is 0 Å². The molecule has 0 spiro atoms. The van der Waals surface area contributed by atoms with Gasteiger partial charge < -0.3 is 14.2 Å². The Morgan fingerprint density at radius 2 is 1.89 bits per heavy atom. The van der Waals surface area contributed by atoms with Gasteiger partial charge in [-0.25, -0.2) is 0 Å². The largest absolute Gasteiger partial charge is 0.467 e. The highest BCUT2D eigenvalue weighted by atomic mass is 32.2. The minimum absolute atomic E-state index is 0.146. The molecule has 4 aromatic rings. The topological polar surface area (TPSA) is 81.2 Å². The molecule has 140 valence electrons. The zero-order valence-electron chi connectivity index (χ0n) is 14.9. The third kappa shape index (κ3) is 4.50. The van der Waals surface area contributed by atoms with Gasteiger partial charge in [0.15, 0.2) is 0 Å². The molecule has 0 aliphatic heterocycles. The maximum Gasteiger partial charge on any atom is 0.277 e. The number of hydrogen-bond acceptors (Lipinski definition) is 6. The standard InChI is InChI=1S/C21H17N3O3S/c25-19(22-13-18-10-5-11-26-18)17-9-4-6-15(12-17)14-28-21-24-23-20(27-21)16-7-2-1-3-8-16/h1-12H,13-14H2,(H,22,25). The number of aromatic nitrogens is 2. The summed E-state index contributed by atoms with van der Waals surface area (Å²) >= 11 is 1.43. The second-order valence-corrected chi connectivity index (χ2v) is 6.92. The van der Waals surface area contributed by atoms with Crippen LogP contribution in [0, 0.1) is 0 Å². The normalized spacial score (nSPS) is 10.7. The van der Waals surface area contributed by atoms with Crippen LogP contribution in [0.1, 0.15) is 21.7 Å². The van der Waals surface area contributed by atoms with Crippen molar-refractivity contribution in [3.8, 4) is 11.5 Å². The molecule has 0 saturated heterocycles. The molecule has 0 radical (unpaired) electrons. The molecular formula is C21H17N3O3S.